The number of anilines is 1. The van der Waals surface area contributed by atoms with E-state index in [-0.39, 0.29) is 6.61 Å². The number of nitrogens with two attached hydrogens (primary N) is 1. The number of aliphatic hydroxyl groups excluding tert-OH is 1. The molecule has 0 spiro atoms. The minimum atomic E-state index is 0.0924. The van der Waals surface area contributed by atoms with Crippen LogP contribution in [0, 0.1) is 13.8 Å². The minimum absolute atomic E-state index is 0.0924. The largest absolute Gasteiger partial charge is 0.395 e. The lowest BCUT2D eigenvalue weighted by Crippen LogP contribution is -2.31. The highest BCUT2D eigenvalue weighted by atomic mass is 32.1. The molecule has 5 heteroatoms. The van der Waals surface area contributed by atoms with Gasteiger partial charge in [-0.1, -0.05) is 25.6 Å². The van der Waals surface area contributed by atoms with Gasteiger partial charge in [-0.25, -0.2) is 4.98 Å². The molecular weight excluding hydrogens is 258 g/mol. The van der Waals surface area contributed by atoms with Gasteiger partial charge in [0.05, 0.1) is 12.2 Å². The Kier molecular flexibility index (Phi) is 6.18. The van der Waals surface area contributed by atoms with E-state index in [0.29, 0.717) is 11.5 Å². The Morgan fingerprint density at radius 1 is 1.42 bits per heavy atom. The van der Waals surface area contributed by atoms with Gasteiger partial charge in [-0.3, -0.25) is 0 Å². The molecule has 106 valence electrons. The molecule has 4 nitrogen and oxygen atoms in total. The number of hydrogen-bond acceptors (Lipinski definition) is 4. The Hall–Kier alpha value is -1.20. The van der Waals surface area contributed by atoms with Gasteiger partial charge in [0.1, 0.15) is 10.8 Å². The molecule has 0 saturated carbocycles. The van der Waals surface area contributed by atoms with Crippen molar-refractivity contribution in [2.75, 3.05) is 24.6 Å². The summed E-state index contributed by atoms with van der Waals surface area (Å²) in [6.07, 6.45) is 2.14. The molecule has 0 unspecified atom stereocenters. The second-order valence-electron chi connectivity index (χ2n) is 4.71. The van der Waals surface area contributed by atoms with Gasteiger partial charge in [0.25, 0.3) is 0 Å². The molecule has 1 aromatic rings. The fraction of sp³-hybridized carbons (Fsp3) is 0.571. The summed E-state index contributed by atoms with van der Waals surface area (Å²) in [5.41, 5.74) is 8.63. The smallest absolute Gasteiger partial charge is 0.139 e. The monoisotopic (exact) mass is 281 g/mol. The van der Waals surface area contributed by atoms with Gasteiger partial charge in [-0.2, -0.15) is 0 Å². The van der Waals surface area contributed by atoms with E-state index in [2.05, 4.69) is 16.8 Å². The number of pyridine rings is 1. The average molecular weight is 281 g/mol. The Bertz CT molecular complexity index is 449. The maximum absolute atomic E-state index is 9.23. The first-order valence-corrected chi connectivity index (χ1v) is 7.06. The number of unbranched alkanes of at least 4 members (excludes halogenated alkanes) is 1. The zero-order valence-corrected chi connectivity index (χ0v) is 12.8. The maximum atomic E-state index is 9.23. The molecule has 0 aliphatic heterocycles. The van der Waals surface area contributed by atoms with Crippen LogP contribution >= 0.6 is 12.2 Å². The molecule has 0 bridgehead atoms. The second kappa shape index (κ2) is 7.40. The molecule has 0 amide bonds. The van der Waals surface area contributed by atoms with Crippen molar-refractivity contribution < 1.29 is 5.11 Å². The van der Waals surface area contributed by atoms with Crippen molar-refractivity contribution >= 4 is 23.0 Å². The van der Waals surface area contributed by atoms with Crippen LogP contribution in [0.3, 0.4) is 0 Å². The summed E-state index contributed by atoms with van der Waals surface area (Å²) < 4.78 is 0. The summed E-state index contributed by atoms with van der Waals surface area (Å²) >= 11 is 5.14. The van der Waals surface area contributed by atoms with Crippen LogP contribution in [0.15, 0.2) is 6.07 Å². The third-order valence-electron chi connectivity index (χ3n) is 3.02. The van der Waals surface area contributed by atoms with Gasteiger partial charge < -0.3 is 15.7 Å². The number of aliphatic hydroxyl groups is 1. The van der Waals surface area contributed by atoms with Gasteiger partial charge >= 0.3 is 0 Å². The summed E-state index contributed by atoms with van der Waals surface area (Å²) in [6.45, 7) is 7.57. The Labute approximate surface area is 120 Å². The molecule has 0 atom stereocenters. The van der Waals surface area contributed by atoms with Crippen LogP contribution in [0.5, 0.6) is 0 Å². The zero-order valence-electron chi connectivity index (χ0n) is 11.9. The van der Waals surface area contributed by atoms with Crippen molar-refractivity contribution in [2.45, 2.75) is 33.6 Å². The Morgan fingerprint density at radius 2 is 2.11 bits per heavy atom. The van der Waals surface area contributed by atoms with E-state index in [1.807, 2.05) is 19.9 Å². The third-order valence-corrected chi connectivity index (χ3v) is 3.23. The van der Waals surface area contributed by atoms with Gasteiger partial charge in [0.2, 0.25) is 0 Å². The molecule has 0 aliphatic rings. The molecule has 19 heavy (non-hydrogen) atoms. The fourth-order valence-corrected chi connectivity index (χ4v) is 2.40. The van der Waals surface area contributed by atoms with E-state index >= 15 is 0 Å². The van der Waals surface area contributed by atoms with E-state index < -0.39 is 0 Å². The predicted octanol–water partition coefficient (Wildman–Crippen LogP) is 1.93. The molecule has 3 N–H and O–H groups in total. The normalized spacial score (nSPS) is 10.5. The third kappa shape index (κ3) is 4.14. The van der Waals surface area contributed by atoms with Crippen LogP contribution in [-0.2, 0) is 0 Å². The SMILES string of the molecule is CCCCN(CCO)c1nc(C)cc(C)c1C(N)=S. The van der Waals surface area contributed by atoms with Gasteiger partial charge in [0, 0.05) is 18.8 Å². The summed E-state index contributed by atoms with van der Waals surface area (Å²) in [7, 11) is 0. The summed E-state index contributed by atoms with van der Waals surface area (Å²) in [5, 5.41) is 9.23. The molecule has 1 rings (SSSR count). The zero-order chi connectivity index (χ0) is 14.4. The lowest BCUT2D eigenvalue weighted by atomic mass is 10.1. The Balaban J connectivity index is 3.22. The standard InChI is InChI=1S/C14H23N3OS/c1-4-5-6-17(7-8-18)14-12(13(15)19)10(2)9-11(3)16-14/h9,18H,4-8H2,1-3H3,(H2,15,19). The fourth-order valence-electron chi connectivity index (χ4n) is 2.14. The first-order valence-electron chi connectivity index (χ1n) is 6.65. The number of thiocarbonyl (C=S) groups is 1. The summed E-state index contributed by atoms with van der Waals surface area (Å²) in [6, 6.07) is 1.98. The van der Waals surface area contributed by atoms with Crippen molar-refractivity contribution in [1.82, 2.24) is 4.98 Å². The van der Waals surface area contributed by atoms with Crippen LogP contribution in [0.2, 0.25) is 0 Å². The van der Waals surface area contributed by atoms with Crippen LogP contribution in [-0.4, -0.2) is 34.8 Å². The lowest BCUT2D eigenvalue weighted by molar-refractivity contribution is 0.301. The quantitative estimate of drug-likeness (QED) is 0.748. The highest BCUT2D eigenvalue weighted by molar-refractivity contribution is 7.80. The van der Waals surface area contributed by atoms with E-state index in [1.54, 1.807) is 0 Å². The summed E-state index contributed by atoms with van der Waals surface area (Å²) in [4.78, 5) is 7.00. The molecule has 1 heterocycles. The molecule has 0 aliphatic carbocycles. The average Bonchev–Trinajstić information content (AvgIpc) is 2.32. The second-order valence-corrected chi connectivity index (χ2v) is 5.15. The van der Waals surface area contributed by atoms with Crippen molar-refractivity contribution in [2.24, 2.45) is 5.73 Å². The highest BCUT2D eigenvalue weighted by Gasteiger charge is 2.17. The molecule has 0 radical (unpaired) electrons. The number of aryl methyl sites for hydroxylation is 2. The molecule has 0 saturated heterocycles. The topological polar surface area (TPSA) is 62.4 Å². The van der Waals surface area contributed by atoms with Gasteiger partial charge in [-0.15, -0.1) is 0 Å². The molecule has 1 aromatic heterocycles. The van der Waals surface area contributed by atoms with Crippen LogP contribution < -0.4 is 10.6 Å². The first-order chi connectivity index (χ1) is 9.01. The predicted molar refractivity (Wildman–Crippen MR) is 83.8 cm³/mol. The highest BCUT2D eigenvalue weighted by Crippen LogP contribution is 2.23. The van der Waals surface area contributed by atoms with Crippen LogP contribution in [0.25, 0.3) is 0 Å². The number of nitrogens with zero attached hydrogens (tertiary/aromatic N) is 2. The van der Waals surface area contributed by atoms with Crippen molar-refractivity contribution in [3.8, 4) is 0 Å². The van der Waals surface area contributed by atoms with Crippen molar-refractivity contribution in [3.05, 3.63) is 22.9 Å². The maximum Gasteiger partial charge on any atom is 0.139 e. The number of aromatic nitrogens is 1. The molecule has 0 fully saturated rings. The van der Waals surface area contributed by atoms with Crippen LogP contribution in [0.4, 0.5) is 5.82 Å². The van der Waals surface area contributed by atoms with Gasteiger partial charge in [-0.05, 0) is 31.9 Å². The minimum Gasteiger partial charge on any atom is -0.395 e. The van der Waals surface area contributed by atoms with E-state index in [9.17, 15) is 5.11 Å². The number of rotatable bonds is 7. The van der Waals surface area contributed by atoms with Gasteiger partial charge in [0.15, 0.2) is 0 Å². The molecular formula is C14H23N3OS. The van der Waals surface area contributed by atoms with Crippen molar-refractivity contribution in [1.29, 1.82) is 0 Å². The van der Waals surface area contributed by atoms with E-state index in [4.69, 9.17) is 18.0 Å². The van der Waals surface area contributed by atoms with E-state index in [1.165, 1.54) is 0 Å². The molecule has 0 aromatic carbocycles. The number of hydrogen-bond donors (Lipinski definition) is 2. The first kappa shape index (κ1) is 15.9. The van der Waals surface area contributed by atoms with Crippen molar-refractivity contribution in [3.63, 3.8) is 0 Å². The van der Waals surface area contributed by atoms with Crippen LogP contribution in [0.1, 0.15) is 36.6 Å². The summed E-state index contributed by atoms with van der Waals surface area (Å²) in [5.74, 6) is 0.799. The Morgan fingerprint density at radius 3 is 2.63 bits per heavy atom. The van der Waals surface area contributed by atoms with E-state index in [0.717, 1.165) is 42.0 Å². The lowest BCUT2D eigenvalue weighted by Gasteiger charge is -2.26.